The summed E-state index contributed by atoms with van der Waals surface area (Å²) in [5.41, 5.74) is 1.52. The molecule has 1 aliphatic heterocycles. The van der Waals surface area contributed by atoms with Crippen molar-refractivity contribution in [1.29, 1.82) is 0 Å². The van der Waals surface area contributed by atoms with Gasteiger partial charge in [-0.1, -0.05) is 25.0 Å². The summed E-state index contributed by atoms with van der Waals surface area (Å²) >= 11 is 0. The van der Waals surface area contributed by atoms with Crippen LogP contribution in [0.2, 0.25) is 0 Å². The smallest absolute Gasteiger partial charge is 0.423 e. The van der Waals surface area contributed by atoms with Crippen LogP contribution in [0.1, 0.15) is 44.1 Å². The molecule has 1 saturated heterocycles. The number of rotatable bonds is 3. The maximum atomic E-state index is 13.5. The van der Waals surface area contributed by atoms with Gasteiger partial charge in [0.15, 0.2) is 0 Å². The predicted molar refractivity (Wildman–Crippen MR) is 81.6 cm³/mol. The minimum Gasteiger partial charge on any atom is -0.423 e. The van der Waals surface area contributed by atoms with Crippen LogP contribution in [0, 0.1) is 11.2 Å². The highest BCUT2D eigenvalue weighted by Crippen LogP contribution is 2.46. The molecule has 0 aromatic heterocycles. The second-order valence-corrected chi connectivity index (χ2v) is 6.71. The van der Waals surface area contributed by atoms with Crippen molar-refractivity contribution in [2.45, 2.75) is 45.1 Å². The topological polar surface area (TPSA) is 43.7 Å². The molecule has 3 nitrogen and oxygen atoms in total. The zero-order chi connectivity index (χ0) is 14.9. The predicted octanol–water partition coefficient (Wildman–Crippen LogP) is 1.66. The Morgan fingerprint density at radius 3 is 2.38 bits per heavy atom. The maximum absolute atomic E-state index is 13.5. The fourth-order valence-electron chi connectivity index (χ4n) is 3.96. The number of likely N-dealkylation sites (tertiary alicyclic amines) is 1. The number of hydrogen-bond acceptors (Lipinski definition) is 3. The first-order valence-corrected chi connectivity index (χ1v) is 7.95. The summed E-state index contributed by atoms with van der Waals surface area (Å²) in [5.74, 6) is -0.558. The van der Waals surface area contributed by atoms with Gasteiger partial charge in [-0.25, -0.2) is 4.39 Å². The standard InChI is InChI=1S/C16H23BFNO2/c18-15-4-3-13(11-14(15)17(20)21)12-19-9-7-16(8-10-19)5-1-2-6-16/h3-4,11,20-21H,1-2,5-10,12H2. The zero-order valence-corrected chi connectivity index (χ0v) is 12.4. The largest absolute Gasteiger partial charge is 0.491 e. The lowest BCUT2D eigenvalue weighted by atomic mass is 9.77. The lowest BCUT2D eigenvalue weighted by Crippen LogP contribution is -2.39. The lowest BCUT2D eigenvalue weighted by molar-refractivity contribution is 0.103. The van der Waals surface area contributed by atoms with Crippen molar-refractivity contribution in [3.63, 3.8) is 0 Å². The summed E-state index contributed by atoms with van der Waals surface area (Å²) in [4.78, 5) is 2.39. The third-order valence-corrected chi connectivity index (χ3v) is 5.33. The van der Waals surface area contributed by atoms with Gasteiger partial charge in [0.05, 0.1) is 0 Å². The van der Waals surface area contributed by atoms with Crippen LogP contribution in [0.5, 0.6) is 0 Å². The first kappa shape index (κ1) is 15.0. The molecule has 1 spiro atoms. The van der Waals surface area contributed by atoms with Crippen LogP contribution in [-0.2, 0) is 6.54 Å². The third kappa shape index (κ3) is 3.30. The molecule has 1 aliphatic carbocycles. The second kappa shape index (κ2) is 6.07. The van der Waals surface area contributed by atoms with Gasteiger partial charge in [-0.2, -0.15) is 0 Å². The van der Waals surface area contributed by atoms with E-state index in [4.69, 9.17) is 0 Å². The molecule has 2 N–H and O–H groups in total. The van der Waals surface area contributed by atoms with Crippen molar-refractivity contribution in [3.05, 3.63) is 29.6 Å². The molecule has 3 rings (SSSR count). The number of hydrogen-bond donors (Lipinski definition) is 2. The van der Waals surface area contributed by atoms with E-state index in [-0.39, 0.29) is 5.46 Å². The van der Waals surface area contributed by atoms with Crippen molar-refractivity contribution in [1.82, 2.24) is 4.90 Å². The van der Waals surface area contributed by atoms with Crippen molar-refractivity contribution >= 4 is 12.6 Å². The van der Waals surface area contributed by atoms with E-state index in [0.29, 0.717) is 5.41 Å². The summed E-state index contributed by atoms with van der Waals surface area (Å²) in [6, 6.07) is 4.63. The van der Waals surface area contributed by atoms with E-state index in [1.54, 1.807) is 12.1 Å². The molecule has 0 bridgehead atoms. The Hall–Kier alpha value is -0.905. The number of halogens is 1. The molecule has 0 amide bonds. The molecule has 1 aromatic carbocycles. The van der Waals surface area contributed by atoms with Crippen LogP contribution in [0.15, 0.2) is 18.2 Å². The van der Waals surface area contributed by atoms with Crippen molar-refractivity contribution < 1.29 is 14.4 Å². The first-order valence-electron chi connectivity index (χ1n) is 7.95. The minimum atomic E-state index is -1.74. The molecule has 1 saturated carbocycles. The lowest BCUT2D eigenvalue weighted by Gasteiger charge is -2.39. The van der Waals surface area contributed by atoms with Crippen LogP contribution in [0.3, 0.4) is 0 Å². The monoisotopic (exact) mass is 291 g/mol. The SMILES string of the molecule is OB(O)c1cc(CN2CCC3(CCCC3)CC2)ccc1F. The molecule has 0 unspecified atom stereocenters. The van der Waals surface area contributed by atoms with E-state index in [1.807, 2.05) is 0 Å². The second-order valence-electron chi connectivity index (χ2n) is 6.71. The number of piperidine rings is 1. The number of nitrogens with zero attached hydrogens (tertiary/aromatic N) is 1. The summed E-state index contributed by atoms with van der Waals surface area (Å²) in [7, 11) is -1.74. The molecular formula is C16H23BFNO2. The Kier molecular flexibility index (Phi) is 4.34. The third-order valence-electron chi connectivity index (χ3n) is 5.33. The summed E-state index contributed by atoms with van der Waals surface area (Å²) < 4.78 is 13.5. The zero-order valence-electron chi connectivity index (χ0n) is 12.4. The van der Waals surface area contributed by atoms with Gasteiger partial charge in [0.2, 0.25) is 0 Å². The fraction of sp³-hybridized carbons (Fsp3) is 0.625. The Balaban J connectivity index is 1.61. The van der Waals surface area contributed by atoms with Crippen molar-refractivity contribution in [3.8, 4) is 0 Å². The van der Waals surface area contributed by atoms with E-state index >= 15 is 0 Å². The molecule has 0 atom stereocenters. The van der Waals surface area contributed by atoms with Gasteiger partial charge in [-0.05, 0) is 55.8 Å². The molecule has 2 aliphatic rings. The summed E-state index contributed by atoms with van der Waals surface area (Å²) in [5, 5.41) is 18.4. The molecule has 2 fully saturated rings. The van der Waals surface area contributed by atoms with Gasteiger partial charge in [-0.3, -0.25) is 4.90 Å². The van der Waals surface area contributed by atoms with E-state index in [1.165, 1.54) is 44.6 Å². The quantitative estimate of drug-likeness (QED) is 0.833. The average molecular weight is 291 g/mol. The molecule has 21 heavy (non-hydrogen) atoms. The van der Waals surface area contributed by atoms with Crippen molar-refractivity contribution in [2.75, 3.05) is 13.1 Å². The van der Waals surface area contributed by atoms with Crippen LogP contribution < -0.4 is 5.46 Å². The fourth-order valence-corrected chi connectivity index (χ4v) is 3.96. The van der Waals surface area contributed by atoms with Crippen molar-refractivity contribution in [2.24, 2.45) is 5.41 Å². The van der Waals surface area contributed by atoms with Gasteiger partial charge >= 0.3 is 7.12 Å². The van der Waals surface area contributed by atoms with Crippen LogP contribution >= 0.6 is 0 Å². The summed E-state index contributed by atoms with van der Waals surface area (Å²) in [6.07, 6.45) is 8.08. The maximum Gasteiger partial charge on any atom is 0.491 e. The number of benzene rings is 1. The molecule has 5 heteroatoms. The molecule has 0 radical (unpaired) electrons. The van der Waals surface area contributed by atoms with E-state index in [9.17, 15) is 14.4 Å². The van der Waals surface area contributed by atoms with Gasteiger partial charge in [0, 0.05) is 12.0 Å². The highest BCUT2D eigenvalue weighted by Gasteiger charge is 2.36. The summed E-state index contributed by atoms with van der Waals surface area (Å²) in [6.45, 7) is 2.94. The van der Waals surface area contributed by atoms with Crippen LogP contribution in [0.25, 0.3) is 0 Å². The van der Waals surface area contributed by atoms with E-state index in [2.05, 4.69) is 4.90 Å². The van der Waals surface area contributed by atoms with Crippen LogP contribution in [-0.4, -0.2) is 35.2 Å². The Morgan fingerprint density at radius 1 is 1.10 bits per heavy atom. The molecule has 1 heterocycles. The van der Waals surface area contributed by atoms with Crippen LogP contribution in [0.4, 0.5) is 4.39 Å². The van der Waals surface area contributed by atoms with E-state index < -0.39 is 12.9 Å². The highest BCUT2D eigenvalue weighted by atomic mass is 19.1. The molecule has 114 valence electrons. The van der Waals surface area contributed by atoms with Gasteiger partial charge < -0.3 is 10.0 Å². The van der Waals surface area contributed by atoms with Gasteiger partial charge in [-0.15, -0.1) is 0 Å². The molecular weight excluding hydrogens is 268 g/mol. The Morgan fingerprint density at radius 2 is 1.76 bits per heavy atom. The normalized spacial score (nSPS) is 21.9. The minimum absolute atomic E-state index is 0.0308. The van der Waals surface area contributed by atoms with Gasteiger partial charge in [0.25, 0.3) is 0 Å². The Labute approximate surface area is 125 Å². The molecule has 1 aromatic rings. The average Bonchev–Trinajstić information content (AvgIpc) is 2.92. The highest BCUT2D eigenvalue weighted by molar-refractivity contribution is 6.58. The van der Waals surface area contributed by atoms with E-state index in [0.717, 1.165) is 25.2 Å². The Bertz CT molecular complexity index is 493. The first-order chi connectivity index (χ1) is 10.1. The van der Waals surface area contributed by atoms with Gasteiger partial charge in [0.1, 0.15) is 5.82 Å².